The molecule has 0 spiro atoms. The Bertz CT molecular complexity index is 269. The van der Waals surface area contributed by atoms with E-state index in [4.69, 9.17) is 9.47 Å². The molecule has 0 radical (unpaired) electrons. The second-order valence-electron chi connectivity index (χ2n) is 5.97. The number of hydrogen-bond donors (Lipinski definition) is 1. The molecule has 106 valence electrons. The van der Waals surface area contributed by atoms with Gasteiger partial charge in [0.15, 0.2) is 0 Å². The van der Waals surface area contributed by atoms with Crippen molar-refractivity contribution in [1.29, 1.82) is 0 Å². The van der Waals surface area contributed by atoms with E-state index >= 15 is 0 Å². The predicted molar refractivity (Wildman–Crippen MR) is 67.5 cm³/mol. The summed E-state index contributed by atoms with van der Waals surface area (Å²) in [5, 5.41) is 10.5. The van der Waals surface area contributed by atoms with Gasteiger partial charge in [-0.15, -0.1) is 0 Å². The zero-order valence-corrected chi connectivity index (χ0v) is 11.8. The maximum absolute atomic E-state index is 11.7. The predicted octanol–water partition coefficient (Wildman–Crippen LogP) is 2.82. The summed E-state index contributed by atoms with van der Waals surface area (Å²) in [4.78, 5) is 11.7. The smallest absolute Gasteiger partial charge is 0.434 e. The van der Waals surface area contributed by atoms with Crippen LogP contribution in [0.4, 0.5) is 4.79 Å². The Morgan fingerprint density at radius 3 is 2.50 bits per heavy atom. The molecular weight excluding hydrogens is 234 g/mol. The SMILES string of the molecule is CC(CC1CCOCC1)N(O)C(=O)OC(C)(C)C. The Morgan fingerprint density at radius 1 is 1.44 bits per heavy atom. The van der Waals surface area contributed by atoms with Gasteiger partial charge in [-0.25, -0.2) is 4.79 Å². The largest absolute Gasteiger partial charge is 0.442 e. The molecule has 1 rings (SSSR count). The zero-order valence-electron chi connectivity index (χ0n) is 11.8. The highest BCUT2D eigenvalue weighted by Crippen LogP contribution is 2.22. The molecule has 1 heterocycles. The van der Waals surface area contributed by atoms with Crippen LogP contribution in [-0.2, 0) is 9.47 Å². The van der Waals surface area contributed by atoms with E-state index in [0.717, 1.165) is 32.5 Å². The fraction of sp³-hybridized carbons (Fsp3) is 0.923. The average molecular weight is 259 g/mol. The standard InChI is InChI=1S/C13H25NO4/c1-10(9-11-5-7-17-8-6-11)14(16)12(15)18-13(2,3)4/h10-11,16H,5-9H2,1-4H3. The molecule has 0 aromatic heterocycles. The number of rotatable bonds is 3. The highest BCUT2D eigenvalue weighted by atomic mass is 16.6. The molecular formula is C13H25NO4. The van der Waals surface area contributed by atoms with Gasteiger partial charge in [-0.05, 0) is 52.9 Å². The van der Waals surface area contributed by atoms with Crippen molar-refractivity contribution in [2.24, 2.45) is 5.92 Å². The molecule has 0 aromatic rings. The van der Waals surface area contributed by atoms with Crippen LogP contribution in [0, 0.1) is 5.92 Å². The van der Waals surface area contributed by atoms with Crippen molar-refractivity contribution >= 4 is 6.09 Å². The fourth-order valence-electron chi connectivity index (χ4n) is 2.05. The lowest BCUT2D eigenvalue weighted by Crippen LogP contribution is -2.41. The van der Waals surface area contributed by atoms with Crippen molar-refractivity contribution in [2.75, 3.05) is 13.2 Å². The number of carbonyl (C=O) groups excluding carboxylic acids is 1. The molecule has 1 saturated heterocycles. The van der Waals surface area contributed by atoms with E-state index in [1.54, 1.807) is 20.8 Å². The third kappa shape index (κ3) is 5.23. The molecule has 1 aliphatic rings. The number of ether oxygens (including phenoxy) is 2. The molecule has 0 saturated carbocycles. The number of carbonyl (C=O) groups is 1. The summed E-state index contributed by atoms with van der Waals surface area (Å²) >= 11 is 0. The molecule has 1 fully saturated rings. The van der Waals surface area contributed by atoms with E-state index in [9.17, 15) is 10.0 Å². The molecule has 1 amide bonds. The van der Waals surface area contributed by atoms with Gasteiger partial charge >= 0.3 is 6.09 Å². The molecule has 1 unspecified atom stereocenters. The van der Waals surface area contributed by atoms with Gasteiger partial charge in [-0.3, -0.25) is 5.21 Å². The van der Waals surface area contributed by atoms with E-state index in [2.05, 4.69) is 0 Å². The minimum Gasteiger partial charge on any atom is -0.442 e. The van der Waals surface area contributed by atoms with Crippen LogP contribution < -0.4 is 0 Å². The Balaban J connectivity index is 2.39. The van der Waals surface area contributed by atoms with Crippen molar-refractivity contribution in [3.63, 3.8) is 0 Å². The lowest BCUT2D eigenvalue weighted by Gasteiger charge is -2.30. The van der Waals surface area contributed by atoms with E-state index in [-0.39, 0.29) is 6.04 Å². The first kappa shape index (κ1) is 15.2. The minimum atomic E-state index is -0.679. The summed E-state index contributed by atoms with van der Waals surface area (Å²) in [6, 6.07) is -0.233. The Hall–Kier alpha value is -0.810. The monoisotopic (exact) mass is 259 g/mol. The van der Waals surface area contributed by atoms with Crippen molar-refractivity contribution < 1.29 is 19.5 Å². The van der Waals surface area contributed by atoms with Crippen LogP contribution in [-0.4, -0.2) is 41.2 Å². The number of amides is 1. The lowest BCUT2D eigenvalue weighted by atomic mass is 9.93. The molecule has 5 heteroatoms. The topological polar surface area (TPSA) is 59.0 Å². The first-order valence-corrected chi connectivity index (χ1v) is 6.58. The average Bonchev–Trinajstić information content (AvgIpc) is 2.27. The first-order valence-electron chi connectivity index (χ1n) is 6.58. The zero-order chi connectivity index (χ0) is 13.8. The number of hydrogen-bond acceptors (Lipinski definition) is 4. The second kappa shape index (κ2) is 6.38. The Kier molecular flexibility index (Phi) is 5.41. The van der Waals surface area contributed by atoms with E-state index in [1.165, 1.54) is 0 Å². The summed E-state index contributed by atoms with van der Waals surface area (Å²) in [6.07, 6.45) is 2.08. The van der Waals surface area contributed by atoms with Gasteiger partial charge < -0.3 is 9.47 Å². The molecule has 0 aliphatic carbocycles. The van der Waals surface area contributed by atoms with Crippen molar-refractivity contribution in [3.05, 3.63) is 0 Å². The second-order valence-corrected chi connectivity index (χ2v) is 5.97. The van der Waals surface area contributed by atoms with Crippen LogP contribution in [0.3, 0.4) is 0 Å². The van der Waals surface area contributed by atoms with Gasteiger partial charge in [0.1, 0.15) is 5.60 Å². The van der Waals surface area contributed by atoms with Gasteiger partial charge in [0.25, 0.3) is 0 Å². The minimum absolute atomic E-state index is 0.233. The molecule has 1 aliphatic heterocycles. The molecule has 5 nitrogen and oxygen atoms in total. The van der Waals surface area contributed by atoms with Gasteiger partial charge in [-0.1, -0.05) is 0 Å². The summed E-state index contributed by atoms with van der Waals surface area (Å²) in [5.74, 6) is 0.505. The quantitative estimate of drug-likeness (QED) is 0.625. The summed E-state index contributed by atoms with van der Waals surface area (Å²) in [7, 11) is 0. The Morgan fingerprint density at radius 2 is 2.00 bits per heavy atom. The van der Waals surface area contributed by atoms with Crippen LogP contribution in [0.2, 0.25) is 0 Å². The van der Waals surface area contributed by atoms with Crippen LogP contribution in [0.25, 0.3) is 0 Å². The highest BCUT2D eigenvalue weighted by Gasteiger charge is 2.27. The molecule has 0 aromatic carbocycles. The van der Waals surface area contributed by atoms with Gasteiger partial charge in [-0.2, -0.15) is 5.06 Å². The van der Waals surface area contributed by atoms with Gasteiger partial charge in [0, 0.05) is 13.2 Å². The number of nitrogens with zero attached hydrogens (tertiary/aromatic N) is 1. The highest BCUT2D eigenvalue weighted by molar-refractivity contribution is 5.66. The molecule has 0 bridgehead atoms. The van der Waals surface area contributed by atoms with Gasteiger partial charge in [0.05, 0.1) is 6.04 Å². The maximum Gasteiger partial charge on any atom is 0.434 e. The third-order valence-corrected chi connectivity index (χ3v) is 3.01. The van der Waals surface area contributed by atoms with Gasteiger partial charge in [0.2, 0.25) is 0 Å². The van der Waals surface area contributed by atoms with Crippen LogP contribution in [0.5, 0.6) is 0 Å². The lowest BCUT2D eigenvalue weighted by molar-refractivity contribution is -0.121. The van der Waals surface area contributed by atoms with E-state index in [0.29, 0.717) is 11.0 Å². The van der Waals surface area contributed by atoms with Crippen molar-refractivity contribution in [3.8, 4) is 0 Å². The third-order valence-electron chi connectivity index (χ3n) is 3.01. The summed E-state index contributed by atoms with van der Waals surface area (Å²) in [6.45, 7) is 8.72. The van der Waals surface area contributed by atoms with Crippen LogP contribution in [0.15, 0.2) is 0 Å². The number of hydroxylamine groups is 2. The van der Waals surface area contributed by atoms with E-state index < -0.39 is 11.7 Å². The normalized spacial score (nSPS) is 19.4. The van der Waals surface area contributed by atoms with E-state index in [1.807, 2.05) is 6.92 Å². The first-order chi connectivity index (χ1) is 8.29. The van der Waals surface area contributed by atoms with Crippen molar-refractivity contribution in [1.82, 2.24) is 5.06 Å². The van der Waals surface area contributed by atoms with Crippen LogP contribution in [0.1, 0.15) is 47.0 Å². The summed E-state index contributed by atoms with van der Waals surface area (Å²) in [5.41, 5.74) is -0.587. The molecule has 1 N–H and O–H groups in total. The fourth-order valence-corrected chi connectivity index (χ4v) is 2.05. The van der Waals surface area contributed by atoms with Crippen LogP contribution >= 0.6 is 0 Å². The Labute approximate surface area is 109 Å². The molecule has 1 atom stereocenters. The molecule has 18 heavy (non-hydrogen) atoms. The maximum atomic E-state index is 11.7. The van der Waals surface area contributed by atoms with Crippen molar-refractivity contribution in [2.45, 2.75) is 58.6 Å². The summed E-state index contributed by atoms with van der Waals surface area (Å²) < 4.78 is 10.4.